The van der Waals surface area contributed by atoms with Crippen LogP contribution in [0.2, 0.25) is 0 Å². The van der Waals surface area contributed by atoms with Gasteiger partial charge in [0.15, 0.2) is 0 Å². The maximum atomic E-state index is 10.8. The van der Waals surface area contributed by atoms with Crippen LogP contribution in [-0.2, 0) is 4.74 Å². The van der Waals surface area contributed by atoms with Gasteiger partial charge in [0.05, 0.1) is 25.2 Å². The Bertz CT molecular complexity index is 462. The summed E-state index contributed by atoms with van der Waals surface area (Å²) in [6.07, 6.45) is 0. The zero-order chi connectivity index (χ0) is 14.3. The summed E-state index contributed by atoms with van der Waals surface area (Å²) in [4.78, 5) is 14.3. The van der Waals surface area contributed by atoms with Gasteiger partial charge in [-0.1, -0.05) is 12.2 Å². The lowest BCUT2D eigenvalue weighted by Gasteiger charge is -2.08. The van der Waals surface area contributed by atoms with Crippen LogP contribution in [0.1, 0.15) is 6.92 Å². The highest BCUT2D eigenvalue weighted by atomic mass is 16.6. The molecule has 0 unspecified atom stereocenters. The molecule has 0 saturated heterocycles. The van der Waals surface area contributed by atoms with Gasteiger partial charge in [-0.2, -0.15) is 4.98 Å². The van der Waals surface area contributed by atoms with E-state index in [0.29, 0.717) is 25.6 Å². The van der Waals surface area contributed by atoms with Crippen LogP contribution in [-0.4, -0.2) is 36.8 Å². The molecule has 1 aromatic heterocycles. The molecule has 7 nitrogen and oxygen atoms in total. The van der Waals surface area contributed by atoms with Crippen molar-refractivity contribution in [2.24, 2.45) is 0 Å². The number of ether oxygens (including phenoxy) is 2. The summed E-state index contributed by atoms with van der Waals surface area (Å²) < 4.78 is 10.2. The van der Waals surface area contributed by atoms with Crippen molar-refractivity contribution in [3.8, 4) is 5.88 Å². The van der Waals surface area contributed by atoms with E-state index in [1.165, 1.54) is 19.2 Å². The summed E-state index contributed by atoms with van der Waals surface area (Å²) in [7, 11) is 1.45. The topological polar surface area (TPSA) is 86.5 Å². The minimum Gasteiger partial charge on any atom is -0.481 e. The van der Waals surface area contributed by atoms with E-state index in [0.717, 1.165) is 5.57 Å². The van der Waals surface area contributed by atoms with Gasteiger partial charge in [-0.15, -0.1) is 0 Å². The molecule has 0 aliphatic heterocycles. The van der Waals surface area contributed by atoms with Gasteiger partial charge in [-0.3, -0.25) is 10.1 Å². The molecule has 104 valence electrons. The number of nitro groups is 1. The molecule has 0 aliphatic carbocycles. The fourth-order valence-corrected chi connectivity index (χ4v) is 1.31. The van der Waals surface area contributed by atoms with Crippen LogP contribution in [0.3, 0.4) is 0 Å². The second kappa shape index (κ2) is 7.32. The van der Waals surface area contributed by atoms with Crippen LogP contribution in [0.5, 0.6) is 5.88 Å². The van der Waals surface area contributed by atoms with Gasteiger partial charge < -0.3 is 14.8 Å². The Hall–Kier alpha value is -2.15. The number of aromatic nitrogens is 1. The summed E-state index contributed by atoms with van der Waals surface area (Å²) >= 11 is 0. The number of rotatable bonds is 8. The zero-order valence-electron chi connectivity index (χ0n) is 11.0. The van der Waals surface area contributed by atoms with Crippen LogP contribution in [0.25, 0.3) is 0 Å². The molecule has 1 N–H and O–H groups in total. The van der Waals surface area contributed by atoms with Gasteiger partial charge in [0.1, 0.15) is 0 Å². The first-order valence-corrected chi connectivity index (χ1v) is 5.70. The lowest BCUT2D eigenvalue weighted by Crippen LogP contribution is -2.12. The number of anilines is 1. The normalized spacial score (nSPS) is 10.0. The molecule has 0 atom stereocenters. The van der Waals surface area contributed by atoms with Gasteiger partial charge in [0.2, 0.25) is 11.7 Å². The molecule has 1 aromatic rings. The second-order valence-electron chi connectivity index (χ2n) is 3.91. The van der Waals surface area contributed by atoms with Crippen molar-refractivity contribution in [1.29, 1.82) is 0 Å². The molecule has 0 spiro atoms. The lowest BCUT2D eigenvalue weighted by molar-refractivity contribution is -0.384. The first-order valence-electron chi connectivity index (χ1n) is 5.70. The molecule has 0 amide bonds. The van der Waals surface area contributed by atoms with Gasteiger partial charge in [-0.05, 0) is 6.92 Å². The fraction of sp³-hybridized carbons (Fsp3) is 0.417. The Kier molecular flexibility index (Phi) is 5.74. The average Bonchev–Trinajstić information content (AvgIpc) is 2.37. The van der Waals surface area contributed by atoms with Gasteiger partial charge in [-0.25, -0.2) is 0 Å². The Labute approximate surface area is 111 Å². The van der Waals surface area contributed by atoms with Gasteiger partial charge in [0.25, 0.3) is 0 Å². The van der Waals surface area contributed by atoms with Crippen molar-refractivity contribution < 1.29 is 14.4 Å². The molecule has 0 aliphatic rings. The third-order valence-corrected chi connectivity index (χ3v) is 2.14. The standard InChI is InChI=1S/C12H17N3O4/c1-9(2)8-19-7-6-13-12-10(15(16)17)4-5-11(14-12)18-3/h4-5H,1,6-8H2,2-3H3,(H,13,14). The fourth-order valence-electron chi connectivity index (χ4n) is 1.31. The highest BCUT2D eigenvalue weighted by Crippen LogP contribution is 2.24. The average molecular weight is 267 g/mol. The smallest absolute Gasteiger partial charge is 0.311 e. The number of nitrogens with zero attached hydrogens (tertiary/aromatic N) is 2. The minimum atomic E-state index is -0.497. The number of methoxy groups -OCH3 is 1. The SMILES string of the molecule is C=C(C)COCCNc1nc(OC)ccc1[N+](=O)[O-]. The molecular weight excluding hydrogens is 250 g/mol. The number of hydrogen-bond donors (Lipinski definition) is 1. The van der Waals surface area contributed by atoms with E-state index in [1.807, 2.05) is 6.92 Å². The Morgan fingerprint density at radius 2 is 2.32 bits per heavy atom. The summed E-state index contributed by atoms with van der Waals surface area (Å²) in [6.45, 7) is 6.85. The summed E-state index contributed by atoms with van der Waals surface area (Å²) in [6, 6.07) is 2.80. The summed E-state index contributed by atoms with van der Waals surface area (Å²) in [5.41, 5.74) is 0.825. The van der Waals surface area contributed by atoms with Crippen LogP contribution in [0, 0.1) is 10.1 Å². The summed E-state index contributed by atoms with van der Waals surface area (Å²) in [5, 5.41) is 13.7. The van der Waals surface area contributed by atoms with E-state index in [2.05, 4.69) is 16.9 Å². The van der Waals surface area contributed by atoms with Crippen molar-refractivity contribution >= 4 is 11.5 Å². The molecule has 1 rings (SSSR count). The minimum absolute atomic E-state index is 0.0966. The predicted octanol–water partition coefficient (Wildman–Crippen LogP) is 2.00. The molecule has 0 radical (unpaired) electrons. The van der Waals surface area contributed by atoms with Crippen LogP contribution >= 0.6 is 0 Å². The molecule has 19 heavy (non-hydrogen) atoms. The van der Waals surface area contributed by atoms with E-state index in [-0.39, 0.29) is 11.5 Å². The first kappa shape index (κ1) is 14.9. The monoisotopic (exact) mass is 267 g/mol. The number of nitrogens with one attached hydrogen (secondary N) is 1. The quantitative estimate of drug-likeness (QED) is 0.335. The number of pyridine rings is 1. The summed E-state index contributed by atoms with van der Waals surface area (Å²) in [5.74, 6) is 0.485. The second-order valence-corrected chi connectivity index (χ2v) is 3.91. The Morgan fingerprint density at radius 1 is 1.58 bits per heavy atom. The molecule has 7 heteroatoms. The molecular formula is C12H17N3O4. The third kappa shape index (κ3) is 4.92. The van der Waals surface area contributed by atoms with Crippen LogP contribution in [0.4, 0.5) is 11.5 Å². The van der Waals surface area contributed by atoms with Crippen molar-refractivity contribution in [1.82, 2.24) is 4.98 Å². The molecule has 0 aromatic carbocycles. The highest BCUT2D eigenvalue weighted by molar-refractivity contribution is 5.56. The van der Waals surface area contributed by atoms with Gasteiger partial charge in [0, 0.05) is 18.7 Å². The first-order chi connectivity index (χ1) is 9.04. The van der Waals surface area contributed by atoms with E-state index in [1.54, 1.807) is 0 Å². The third-order valence-electron chi connectivity index (χ3n) is 2.14. The predicted molar refractivity (Wildman–Crippen MR) is 71.6 cm³/mol. The van der Waals surface area contributed by atoms with Crippen molar-refractivity contribution in [2.75, 3.05) is 32.2 Å². The largest absolute Gasteiger partial charge is 0.481 e. The Morgan fingerprint density at radius 3 is 2.89 bits per heavy atom. The van der Waals surface area contributed by atoms with E-state index in [4.69, 9.17) is 9.47 Å². The van der Waals surface area contributed by atoms with Crippen LogP contribution in [0.15, 0.2) is 24.3 Å². The van der Waals surface area contributed by atoms with Crippen molar-refractivity contribution in [3.05, 3.63) is 34.4 Å². The molecule has 0 bridgehead atoms. The van der Waals surface area contributed by atoms with Crippen LogP contribution < -0.4 is 10.1 Å². The van der Waals surface area contributed by atoms with E-state index >= 15 is 0 Å². The van der Waals surface area contributed by atoms with Gasteiger partial charge >= 0.3 is 5.69 Å². The Balaban J connectivity index is 2.59. The van der Waals surface area contributed by atoms with Crippen molar-refractivity contribution in [3.63, 3.8) is 0 Å². The lowest BCUT2D eigenvalue weighted by atomic mass is 10.4. The maximum Gasteiger partial charge on any atom is 0.311 e. The van der Waals surface area contributed by atoms with E-state index in [9.17, 15) is 10.1 Å². The number of hydrogen-bond acceptors (Lipinski definition) is 6. The van der Waals surface area contributed by atoms with Crippen molar-refractivity contribution in [2.45, 2.75) is 6.92 Å². The molecule has 0 saturated carbocycles. The zero-order valence-corrected chi connectivity index (χ0v) is 11.0. The molecule has 0 fully saturated rings. The molecule has 1 heterocycles. The van der Waals surface area contributed by atoms with E-state index < -0.39 is 4.92 Å². The maximum absolute atomic E-state index is 10.8. The highest BCUT2D eigenvalue weighted by Gasteiger charge is 2.15.